The van der Waals surface area contributed by atoms with Crippen LogP contribution >= 0.6 is 0 Å². The van der Waals surface area contributed by atoms with Gasteiger partial charge in [-0.1, -0.05) is 48.5 Å². The van der Waals surface area contributed by atoms with Gasteiger partial charge in [0, 0.05) is 45.8 Å². The number of carbonyl (C=O) groups excluding carboxylic acids is 6. The smallest absolute Gasteiger partial charge is 0.296 e. The quantitative estimate of drug-likeness (QED) is 0.0469. The van der Waals surface area contributed by atoms with Crippen molar-refractivity contribution in [1.82, 2.24) is 0 Å². The fraction of sp³-hybridized carbons (Fsp3) is 0. The number of hydrogen-bond donors (Lipinski definition) is 10. The molecule has 8 rings (SSSR count). The van der Waals surface area contributed by atoms with Crippen LogP contribution in [0.4, 0.5) is 45.5 Å². The van der Waals surface area contributed by atoms with Crippen LogP contribution in [0.3, 0.4) is 0 Å². The van der Waals surface area contributed by atoms with Crippen LogP contribution < -0.4 is 32.7 Å². The molecule has 12 N–H and O–H groups in total. The first-order valence-corrected chi connectivity index (χ1v) is 25.6. The molecule has 24 nitrogen and oxygen atoms in total. The van der Waals surface area contributed by atoms with E-state index in [0.29, 0.717) is 12.2 Å². The van der Waals surface area contributed by atoms with Gasteiger partial charge in [0.2, 0.25) is 11.8 Å². The molecular formula is C44H30N6O18S4. The number of amides is 2. The third kappa shape index (κ3) is 9.20. The van der Waals surface area contributed by atoms with Gasteiger partial charge in [-0.2, -0.15) is 33.7 Å². The van der Waals surface area contributed by atoms with E-state index in [1.807, 2.05) is 0 Å². The lowest BCUT2D eigenvalue weighted by Gasteiger charge is -2.24. The summed E-state index contributed by atoms with van der Waals surface area (Å²) < 4.78 is 140. The monoisotopic (exact) mass is 1060 g/mol. The van der Waals surface area contributed by atoms with E-state index < -0.39 is 151 Å². The van der Waals surface area contributed by atoms with Crippen LogP contribution in [0.25, 0.3) is 0 Å². The van der Waals surface area contributed by atoms with Crippen molar-refractivity contribution in [1.29, 1.82) is 0 Å². The van der Waals surface area contributed by atoms with E-state index >= 15 is 0 Å². The third-order valence-electron chi connectivity index (χ3n) is 10.9. The number of benzene rings is 6. The molecule has 0 aromatic heterocycles. The normalized spacial score (nSPS) is 13.4. The van der Waals surface area contributed by atoms with E-state index in [1.54, 1.807) is 0 Å². The number of hydrogen-bond acceptors (Lipinski definition) is 18. The zero-order chi connectivity index (χ0) is 52.6. The number of nitrogen functional groups attached to an aromatic ring is 2. The molecule has 0 heterocycles. The molecule has 0 atom stereocenters. The summed E-state index contributed by atoms with van der Waals surface area (Å²) in [6, 6.07) is 17.8. The predicted octanol–water partition coefficient (Wildman–Crippen LogP) is 4.01. The summed E-state index contributed by atoms with van der Waals surface area (Å²) in [7, 11) is -20.8. The number of rotatable bonds is 12. The summed E-state index contributed by atoms with van der Waals surface area (Å²) in [5.41, 5.74) is 5.20. The molecule has 0 unspecified atom stereocenters. The highest BCUT2D eigenvalue weighted by Gasteiger charge is 2.38. The van der Waals surface area contributed by atoms with Crippen LogP contribution in [0.2, 0.25) is 0 Å². The van der Waals surface area contributed by atoms with Crippen LogP contribution in [-0.2, 0) is 50.1 Å². The van der Waals surface area contributed by atoms with Gasteiger partial charge in [0.15, 0.2) is 23.1 Å². The van der Waals surface area contributed by atoms with Crippen molar-refractivity contribution < 1.29 is 80.6 Å². The van der Waals surface area contributed by atoms with Crippen LogP contribution in [0.15, 0.2) is 129 Å². The molecule has 0 radical (unpaired) electrons. The van der Waals surface area contributed by atoms with Gasteiger partial charge in [-0.05, 0) is 48.5 Å². The molecule has 6 aromatic rings. The molecule has 0 saturated heterocycles. The second kappa shape index (κ2) is 17.7. The minimum Gasteiger partial charge on any atom is -0.397 e. The summed E-state index contributed by atoms with van der Waals surface area (Å²) in [5.74, 6) is -5.85. The summed E-state index contributed by atoms with van der Waals surface area (Å²) in [6.45, 7) is 0. The predicted molar refractivity (Wildman–Crippen MR) is 253 cm³/mol. The summed E-state index contributed by atoms with van der Waals surface area (Å²) in [4.78, 5) is 76.4. The minimum absolute atomic E-state index is 0.0961. The highest BCUT2D eigenvalue weighted by atomic mass is 32.2. The Kier molecular flexibility index (Phi) is 12.3. The highest BCUT2D eigenvalue weighted by Crippen LogP contribution is 2.42. The first-order valence-electron chi connectivity index (χ1n) is 19.9. The molecule has 0 saturated carbocycles. The molecule has 6 aromatic carbocycles. The fourth-order valence-corrected chi connectivity index (χ4v) is 10.5. The molecule has 28 heteroatoms. The Bertz CT molecular complexity index is 3770. The van der Waals surface area contributed by atoms with Gasteiger partial charge in [0.1, 0.15) is 19.6 Å². The highest BCUT2D eigenvalue weighted by molar-refractivity contribution is 7.86. The van der Waals surface area contributed by atoms with Gasteiger partial charge in [0.25, 0.3) is 40.5 Å². The van der Waals surface area contributed by atoms with Gasteiger partial charge >= 0.3 is 0 Å². The molecule has 72 heavy (non-hydrogen) atoms. The maximum absolute atomic E-state index is 13.7. The summed E-state index contributed by atoms with van der Waals surface area (Å²) >= 11 is 0. The zero-order valence-electron chi connectivity index (χ0n) is 35.7. The number of nitrogens with one attached hydrogen (secondary N) is 4. The SMILES string of the molecule is Nc1c(S(=O)(=O)O)cc(Nc2ccc(NC(=O)/C=C/C(=O)Nc3ccc(Nc4cc(S(=O)(=O)O)c(N)c5c4C(=O)c4ccccc4C5=O)cc3S(=O)(=O)O)c(S(=O)(=O)O)c2)c2c1C(=O)c1ccccc1C2=O. The maximum Gasteiger partial charge on any atom is 0.296 e. The van der Waals surface area contributed by atoms with Crippen molar-refractivity contribution in [3.63, 3.8) is 0 Å². The maximum atomic E-state index is 13.7. The molecule has 0 fully saturated rings. The first kappa shape index (κ1) is 49.9. The van der Waals surface area contributed by atoms with Gasteiger partial charge in [-0.25, -0.2) is 0 Å². The zero-order valence-corrected chi connectivity index (χ0v) is 39.0. The first-order chi connectivity index (χ1) is 33.6. The Morgan fingerprint density at radius 3 is 0.986 bits per heavy atom. The second-order valence-electron chi connectivity index (χ2n) is 15.5. The van der Waals surface area contributed by atoms with Crippen LogP contribution in [0.5, 0.6) is 0 Å². The minimum atomic E-state index is -5.25. The lowest BCUT2D eigenvalue weighted by atomic mass is 9.82. The molecule has 0 spiro atoms. The topological polar surface area (TPSA) is 420 Å². The lowest BCUT2D eigenvalue weighted by Crippen LogP contribution is -2.25. The van der Waals surface area contributed by atoms with E-state index in [9.17, 15) is 80.6 Å². The Labute approximate surface area is 405 Å². The Hall–Kier alpha value is -8.48. The van der Waals surface area contributed by atoms with Gasteiger partial charge in [0.05, 0.1) is 56.4 Å². The second-order valence-corrected chi connectivity index (χ2v) is 21.0. The molecule has 0 aliphatic heterocycles. The van der Waals surface area contributed by atoms with Crippen molar-refractivity contribution in [2.45, 2.75) is 19.6 Å². The molecule has 2 aliphatic carbocycles. The molecule has 2 amide bonds. The van der Waals surface area contributed by atoms with Crippen molar-refractivity contribution in [2.24, 2.45) is 0 Å². The summed E-state index contributed by atoms with van der Waals surface area (Å²) in [6.07, 6.45) is 1.06. The average molecular weight is 1060 g/mol. The number of nitrogens with two attached hydrogens (primary N) is 2. The van der Waals surface area contributed by atoms with Crippen molar-refractivity contribution >= 4 is 121 Å². The molecule has 368 valence electrons. The Morgan fingerprint density at radius 2 is 0.694 bits per heavy atom. The fourth-order valence-electron chi connectivity index (χ4n) is 7.86. The molecule has 0 bridgehead atoms. The van der Waals surface area contributed by atoms with E-state index in [-0.39, 0.29) is 33.6 Å². The summed E-state index contributed by atoms with van der Waals surface area (Å²) in [5, 5.41) is 9.37. The molecule has 2 aliphatic rings. The Morgan fingerprint density at radius 1 is 0.403 bits per heavy atom. The van der Waals surface area contributed by atoms with Gasteiger partial charge < -0.3 is 32.7 Å². The standard InChI is InChI=1S/C44H30N6O18S4/c45-39-31(71(63,64)65)17-27(35-37(39)43(55)23-7-3-1-5-21(23)41(35)53)47-19-9-11-25(29(15-19)69(57,58)59)49-33(51)13-14-34(52)50-26-12-10-20(16-30(26)70(60,61)62)48-28-18-32(72(66,67)68)40(46)38-36(28)42(54)22-6-2-4-8-24(22)44(38)56/h1-18,47-48H,45-46H2,(H,49,51)(H,50,52)(H,57,58,59)(H,60,61,62)(H,63,64,65)(H,66,67,68)/b14-13+. The van der Waals surface area contributed by atoms with E-state index in [2.05, 4.69) is 21.3 Å². The van der Waals surface area contributed by atoms with Crippen LogP contribution in [-0.4, -0.2) is 86.8 Å². The van der Waals surface area contributed by atoms with E-state index in [0.717, 1.165) is 48.5 Å². The van der Waals surface area contributed by atoms with Crippen molar-refractivity contribution in [2.75, 3.05) is 32.7 Å². The van der Waals surface area contributed by atoms with Crippen molar-refractivity contribution in [3.8, 4) is 0 Å². The van der Waals surface area contributed by atoms with Crippen LogP contribution in [0.1, 0.15) is 63.7 Å². The molecular weight excluding hydrogens is 1030 g/mol. The number of anilines is 8. The lowest BCUT2D eigenvalue weighted by molar-refractivity contribution is -0.114. The Balaban J connectivity index is 1.04. The van der Waals surface area contributed by atoms with Crippen LogP contribution in [0, 0.1) is 0 Å². The van der Waals surface area contributed by atoms with E-state index in [4.69, 9.17) is 11.5 Å². The van der Waals surface area contributed by atoms with E-state index in [1.165, 1.54) is 48.5 Å². The van der Waals surface area contributed by atoms with Gasteiger partial charge in [-0.15, -0.1) is 0 Å². The number of fused-ring (bicyclic) bond motifs is 4. The number of carbonyl (C=O) groups is 6. The van der Waals surface area contributed by atoms with Crippen molar-refractivity contribution in [3.05, 3.63) is 154 Å². The third-order valence-corrected chi connectivity index (χ3v) is 14.5. The largest absolute Gasteiger partial charge is 0.397 e. The average Bonchev–Trinajstić information content (AvgIpc) is 3.29. The van der Waals surface area contributed by atoms with Gasteiger partial charge in [-0.3, -0.25) is 47.0 Å². The number of ketones is 4.